The SMILES string of the molecule is [C-]#[N+]c1ccc(-c2cccc3c(C4CC4)c(-c4ccc(N5C[C@@H](C)O[C@@H](C)C5)nc4OC=O)cnc23)cc1. The number of rotatable bonds is 6. The monoisotopic (exact) mass is 504 g/mol. The van der Waals surface area contributed by atoms with Gasteiger partial charge in [0.15, 0.2) is 5.69 Å². The van der Waals surface area contributed by atoms with Crippen LogP contribution in [-0.4, -0.2) is 41.7 Å². The molecule has 2 fully saturated rings. The van der Waals surface area contributed by atoms with Crippen LogP contribution in [-0.2, 0) is 9.53 Å². The molecular formula is C31H28N4O3. The van der Waals surface area contributed by atoms with Gasteiger partial charge in [-0.05, 0) is 55.9 Å². The van der Waals surface area contributed by atoms with Gasteiger partial charge in [0.1, 0.15) is 5.82 Å². The molecule has 7 heteroatoms. The van der Waals surface area contributed by atoms with Crippen molar-refractivity contribution in [2.75, 3.05) is 18.0 Å². The predicted octanol–water partition coefficient (Wildman–Crippen LogP) is 6.54. The van der Waals surface area contributed by atoms with Gasteiger partial charge in [0.25, 0.3) is 6.47 Å². The first-order valence-electron chi connectivity index (χ1n) is 13.0. The lowest BCUT2D eigenvalue weighted by molar-refractivity contribution is -0.120. The largest absolute Gasteiger partial charge is 0.409 e. The van der Waals surface area contributed by atoms with E-state index in [-0.39, 0.29) is 12.2 Å². The molecule has 1 aliphatic heterocycles. The molecule has 0 bridgehead atoms. The minimum atomic E-state index is 0.0913. The number of hydrogen-bond donors (Lipinski definition) is 0. The predicted molar refractivity (Wildman–Crippen MR) is 148 cm³/mol. The van der Waals surface area contributed by atoms with Crippen LogP contribution in [0.25, 0.3) is 38.0 Å². The van der Waals surface area contributed by atoms with Crippen LogP contribution in [0.15, 0.2) is 60.8 Å². The van der Waals surface area contributed by atoms with Crippen LogP contribution in [0.2, 0.25) is 0 Å². The quantitative estimate of drug-likeness (QED) is 0.219. The Kier molecular flexibility index (Phi) is 6.26. The van der Waals surface area contributed by atoms with Crippen LogP contribution < -0.4 is 9.64 Å². The second kappa shape index (κ2) is 9.88. The van der Waals surface area contributed by atoms with Gasteiger partial charge in [0, 0.05) is 41.4 Å². The molecule has 190 valence electrons. The highest BCUT2D eigenvalue weighted by Crippen LogP contribution is 2.49. The highest BCUT2D eigenvalue weighted by molar-refractivity contribution is 5.99. The van der Waals surface area contributed by atoms with E-state index in [9.17, 15) is 4.79 Å². The van der Waals surface area contributed by atoms with Crippen molar-refractivity contribution in [3.8, 4) is 28.1 Å². The van der Waals surface area contributed by atoms with Crippen LogP contribution in [0.4, 0.5) is 11.5 Å². The van der Waals surface area contributed by atoms with Crippen molar-refractivity contribution < 1.29 is 14.3 Å². The number of benzene rings is 2. The summed E-state index contributed by atoms with van der Waals surface area (Å²) in [7, 11) is 0. The van der Waals surface area contributed by atoms with Gasteiger partial charge in [-0.2, -0.15) is 4.98 Å². The Bertz CT molecular complexity index is 1550. The summed E-state index contributed by atoms with van der Waals surface area (Å²) in [5.74, 6) is 1.47. The molecule has 0 N–H and O–H groups in total. The fourth-order valence-corrected chi connectivity index (χ4v) is 5.53. The first kappa shape index (κ1) is 24.1. The average Bonchev–Trinajstić information content (AvgIpc) is 3.77. The molecule has 1 saturated heterocycles. The Morgan fingerprint density at radius 1 is 1.00 bits per heavy atom. The lowest BCUT2D eigenvalue weighted by Crippen LogP contribution is -2.45. The second-order valence-electron chi connectivity index (χ2n) is 10.1. The summed E-state index contributed by atoms with van der Waals surface area (Å²) in [6, 6.07) is 17.9. The average molecular weight is 505 g/mol. The maximum absolute atomic E-state index is 11.5. The lowest BCUT2D eigenvalue weighted by Gasteiger charge is -2.36. The standard InChI is InChI=1S/C31H28N4O3/c1-19-16-35(17-20(2)38-19)28-14-13-25(31(34-28)37-18-36)27-15-33-30-24(21-9-11-23(32-3)12-10-21)5-4-6-26(30)29(27)22-7-8-22/h4-6,9-15,18-20,22H,7-8,16-17H2,1-2H3/t19-,20+. The van der Waals surface area contributed by atoms with Crippen molar-refractivity contribution in [1.82, 2.24) is 9.97 Å². The van der Waals surface area contributed by atoms with Crippen molar-refractivity contribution in [3.05, 3.63) is 77.8 Å². The highest BCUT2D eigenvalue weighted by Gasteiger charge is 2.31. The second-order valence-corrected chi connectivity index (χ2v) is 10.1. The van der Waals surface area contributed by atoms with Gasteiger partial charge < -0.3 is 14.4 Å². The number of hydrogen-bond acceptors (Lipinski definition) is 6. The van der Waals surface area contributed by atoms with E-state index in [2.05, 4.69) is 41.8 Å². The molecule has 1 saturated carbocycles. The number of nitrogens with zero attached hydrogens (tertiary/aromatic N) is 4. The number of anilines is 1. The number of pyridine rings is 2. The van der Waals surface area contributed by atoms with Gasteiger partial charge in [-0.3, -0.25) is 9.78 Å². The van der Waals surface area contributed by atoms with E-state index in [1.165, 1.54) is 5.56 Å². The molecule has 0 spiro atoms. The zero-order valence-electron chi connectivity index (χ0n) is 21.4. The molecule has 38 heavy (non-hydrogen) atoms. The van der Waals surface area contributed by atoms with Crippen LogP contribution in [0.5, 0.6) is 5.88 Å². The molecular weight excluding hydrogens is 476 g/mol. The highest BCUT2D eigenvalue weighted by atomic mass is 16.5. The van der Waals surface area contributed by atoms with Crippen molar-refractivity contribution >= 4 is 28.9 Å². The van der Waals surface area contributed by atoms with Crippen molar-refractivity contribution in [2.24, 2.45) is 0 Å². The van der Waals surface area contributed by atoms with Gasteiger partial charge in [0.2, 0.25) is 5.88 Å². The number of carbonyl (C=O) groups is 1. The van der Waals surface area contributed by atoms with Crippen molar-refractivity contribution in [1.29, 1.82) is 0 Å². The van der Waals surface area contributed by atoms with E-state index in [0.29, 0.717) is 24.0 Å². The molecule has 0 amide bonds. The van der Waals surface area contributed by atoms with E-state index in [0.717, 1.165) is 64.9 Å². The summed E-state index contributed by atoms with van der Waals surface area (Å²) in [4.78, 5) is 26.9. The number of para-hydroxylation sites is 1. The topological polar surface area (TPSA) is 68.9 Å². The zero-order chi connectivity index (χ0) is 26.2. The van der Waals surface area contributed by atoms with E-state index < -0.39 is 0 Å². The number of fused-ring (bicyclic) bond motifs is 1. The molecule has 0 radical (unpaired) electrons. The van der Waals surface area contributed by atoms with Crippen LogP contribution in [0.1, 0.15) is 38.2 Å². The first-order valence-corrected chi connectivity index (χ1v) is 13.0. The molecule has 6 rings (SSSR count). The molecule has 4 aromatic rings. The van der Waals surface area contributed by atoms with Crippen molar-refractivity contribution in [2.45, 2.75) is 44.8 Å². The molecule has 0 unspecified atom stereocenters. The normalized spacial score (nSPS) is 19.2. The number of ether oxygens (including phenoxy) is 2. The summed E-state index contributed by atoms with van der Waals surface area (Å²) >= 11 is 0. The molecule has 2 atom stereocenters. The Hall–Kier alpha value is -4.28. The van der Waals surface area contributed by atoms with Crippen LogP contribution in [0, 0.1) is 6.57 Å². The van der Waals surface area contributed by atoms with Gasteiger partial charge in [-0.1, -0.05) is 42.5 Å². The summed E-state index contributed by atoms with van der Waals surface area (Å²) in [6.45, 7) is 13.2. The van der Waals surface area contributed by atoms with E-state index in [1.54, 1.807) is 0 Å². The molecule has 2 aliphatic rings. The first-order chi connectivity index (χ1) is 18.6. The third kappa shape index (κ3) is 4.48. The Balaban J connectivity index is 1.47. The Morgan fingerprint density at radius 2 is 1.76 bits per heavy atom. The van der Waals surface area contributed by atoms with Gasteiger partial charge in [-0.15, -0.1) is 0 Å². The maximum atomic E-state index is 11.5. The van der Waals surface area contributed by atoms with Gasteiger partial charge in [-0.25, -0.2) is 4.85 Å². The van der Waals surface area contributed by atoms with E-state index in [4.69, 9.17) is 26.0 Å². The summed E-state index contributed by atoms with van der Waals surface area (Å²) in [5, 5.41) is 1.09. The number of carbonyl (C=O) groups excluding carboxylic acids is 1. The molecule has 7 nitrogen and oxygen atoms in total. The minimum Gasteiger partial charge on any atom is -0.409 e. The van der Waals surface area contributed by atoms with Gasteiger partial charge in [0.05, 0.1) is 24.3 Å². The smallest absolute Gasteiger partial charge is 0.299 e. The molecule has 2 aromatic heterocycles. The van der Waals surface area contributed by atoms with Crippen molar-refractivity contribution in [3.63, 3.8) is 0 Å². The number of morpholine rings is 1. The zero-order valence-corrected chi connectivity index (χ0v) is 21.4. The third-order valence-electron chi connectivity index (χ3n) is 7.27. The summed E-state index contributed by atoms with van der Waals surface area (Å²) in [6.07, 6.45) is 4.28. The summed E-state index contributed by atoms with van der Waals surface area (Å²) < 4.78 is 11.3. The minimum absolute atomic E-state index is 0.0913. The van der Waals surface area contributed by atoms with E-state index in [1.807, 2.05) is 42.6 Å². The fourth-order valence-electron chi connectivity index (χ4n) is 5.53. The fraction of sp³-hybridized carbons (Fsp3) is 0.290. The Labute approximate surface area is 221 Å². The Morgan fingerprint density at radius 3 is 2.45 bits per heavy atom. The number of aromatic nitrogens is 2. The van der Waals surface area contributed by atoms with E-state index >= 15 is 0 Å². The van der Waals surface area contributed by atoms with Crippen LogP contribution in [0.3, 0.4) is 0 Å². The molecule has 2 aromatic carbocycles. The van der Waals surface area contributed by atoms with Crippen LogP contribution >= 0.6 is 0 Å². The molecule has 3 heterocycles. The van der Waals surface area contributed by atoms with Gasteiger partial charge >= 0.3 is 0 Å². The lowest BCUT2D eigenvalue weighted by atomic mass is 9.92. The summed E-state index contributed by atoms with van der Waals surface area (Å²) in [5.41, 5.74) is 6.51. The molecule has 1 aliphatic carbocycles. The third-order valence-corrected chi connectivity index (χ3v) is 7.27. The maximum Gasteiger partial charge on any atom is 0.299 e.